The topological polar surface area (TPSA) is 38.3 Å². The molecule has 0 saturated carbocycles. The van der Waals surface area contributed by atoms with Crippen molar-refractivity contribution in [3.8, 4) is 0 Å². The van der Waals surface area contributed by atoms with Crippen LogP contribution in [0.2, 0.25) is 0 Å². The molecule has 108 valence electrons. The zero-order valence-electron chi connectivity index (χ0n) is 10.5. The molecular formula is C11H20F3NO2S. The zero-order valence-corrected chi connectivity index (χ0v) is 11.3. The molecule has 0 fully saturated rings. The van der Waals surface area contributed by atoms with E-state index in [0.29, 0.717) is 26.1 Å². The highest BCUT2D eigenvalue weighted by atomic mass is 32.2. The van der Waals surface area contributed by atoms with Gasteiger partial charge in [0.05, 0.1) is 6.61 Å². The molecule has 0 aromatic carbocycles. The summed E-state index contributed by atoms with van der Waals surface area (Å²) in [4.78, 5) is 11.0. The summed E-state index contributed by atoms with van der Waals surface area (Å²) in [6.45, 7) is 3.20. The minimum atomic E-state index is -4.14. The first-order valence-electron chi connectivity index (χ1n) is 6.02. The number of hydrogen-bond acceptors (Lipinski definition) is 4. The molecule has 0 rings (SSSR count). The van der Waals surface area contributed by atoms with Crippen LogP contribution in [0.25, 0.3) is 0 Å². The van der Waals surface area contributed by atoms with E-state index in [-0.39, 0.29) is 23.5 Å². The molecule has 0 unspecified atom stereocenters. The first-order chi connectivity index (χ1) is 8.45. The van der Waals surface area contributed by atoms with Crippen molar-refractivity contribution in [2.75, 3.05) is 25.4 Å². The Hall–Kier alpha value is -0.430. The zero-order chi connectivity index (χ0) is 13.9. The number of halogens is 3. The van der Waals surface area contributed by atoms with Gasteiger partial charge in [0, 0.05) is 18.7 Å². The Morgan fingerprint density at radius 1 is 1.22 bits per heavy atom. The third-order valence-electron chi connectivity index (χ3n) is 2.08. The maximum absolute atomic E-state index is 11.8. The van der Waals surface area contributed by atoms with Gasteiger partial charge >= 0.3 is 11.5 Å². The molecule has 0 aromatic rings. The predicted octanol–water partition coefficient (Wildman–Crippen LogP) is 2.95. The van der Waals surface area contributed by atoms with Gasteiger partial charge in [0.15, 0.2) is 0 Å². The van der Waals surface area contributed by atoms with Crippen molar-refractivity contribution in [1.29, 1.82) is 0 Å². The van der Waals surface area contributed by atoms with Crippen LogP contribution >= 0.6 is 11.8 Å². The van der Waals surface area contributed by atoms with E-state index in [9.17, 15) is 18.0 Å². The van der Waals surface area contributed by atoms with Gasteiger partial charge in [0.1, 0.15) is 0 Å². The third kappa shape index (κ3) is 13.6. The van der Waals surface area contributed by atoms with Crippen LogP contribution in [0.4, 0.5) is 13.2 Å². The van der Waals surface area contributed by atoms with E-state index in [1.165, 1.54) is 0 Å². The number of hydrogen-bond donors (Lipinski definition) is 1. The maximum atomic E-state index is 11.8. The largest absolute Gasteiger partial charge is 0.466 e. The van der Waals surface area contributed by atoms with E-state index in [0.717, 1.165) is 19.3 Å². The van der Waals surface area contributed by atoms with Crippen LogP contribution in [0.3, 0.4) is 0 Å². The monoisotopic (exact) mass is 287 g/mol. The molecule has 18 heavy (non-hydrogen) atoms. The van der Waals surface area contributed by atoms with Gasteiger partial charge in [-0.3, -0.25) is 4.79 Å². The number of alkyl halides is 3. The molecule has 0 aromatic heterocycles. The lowest BCUT2D eigenvalue weighted by atomic mass is 10.2. The van der Waals surface area contributed by atoms with Crippen LogP contribution in [0.5, 0.6) is 0 Å². The molecule has 0 radical (unpaired) electrons. The highest BCUT2D eigenvalue weighted by Crippen LogP contribution is 2.29. The summed E-state index contributed by atoms with van der Waals surface area (Å²) in [5, 5.41) is 2.93. The van der Waals surface area contributed by atoms with Gasteiger partial charge in [-0.2, -0.15) is 13.2 Å². The highest BCUT2D eigenvalue weighted by molar-refractivity contribution is 8.00. The van der Waals surface area contributed by atoms with Gasteiger partial charge in [0.2, 0.25) is 0 Å². The summed E-state index contributed by atoms with van der Waals surface area (Å²) < 4.78 is 40.1. The van der Waals surface area contributed by atoms with Gasteiger partial charge in [0.25, 0.3) is 0 Å². The Bertz CT molecular complexity index is 225. The number of carbonyl (C=O) groups excluding carboxylic acids is 1. The Labute approximate surface area is 110 Å². The van der Waals surface area contributed by atoms with E-state index < -0.39 is 5.51 Å². The van der Waals surface area contributed by atoms with Crippen LogP contribution < -0.4 is 5.32 Å². The molecule has 0 saturated heterocycles. The molecule has 0 heterocycles. The van der Waals surface area contributed by atoms with Crippen molar-refractivity contribution in [1.82, 2.24) is 5.32 Å². The van der Waals surface area contributed by atoms with E-state index in [1.54, 1.807) is 6.92 Å². The summed E-state index contributed by atoms with van der Waals surface area (Å²) in [7, 11) is 0. The minimum Gasteiger partial charge on any atom is -0.466 e. The van der Waals surface area contributed by atoms with Crippen LogP contribution in [0.15, 0.2) is 0 Å². The van der Waals surface area contributed by atoms with E-state index in [1.807, 2.05) is 0 Å². The summed E-state index contributed by atoms with van der Waals surface area (Å²) >= 11 is -0.0124. The number of unbranched alkanes of at least 4 members (excludes halogenated alkanes) is 2. The molecule has 0 aliphatic carbocycles. The van der Waals surface area contributed by atoms with Gasteiger partial charge in [-0.05, 0) is 38.1 Å². The quantitative estimate of drug-likeness (QED) is 0.495. The van der Waals surface area contributed by atoms with E-state index in [4.69, 9.17) is 4.74 Å². The average Bonchev–Trinajstić information content (AvgIpc) is 2.25. The molecule has 0 spiro atoms. The normalized spacial score (nSPS) is 11.6. The highest BCUT2D eigenvalue weighted by Gasteiger charge is 2.27. The molecule has 0 aliphatic rings. The second-order valence-corrected chi connectivity index (χ2v) is 4.82. The Balaban J connectivity index is 3.15. The summed E-state index contributed by atoms with van der Waals surface area (Å²) in [5.74, 6) is -0.154. The Morgan fingerprint density at radius 3 is 2.56 bits per heavy atom. The van der Waals surface area contributed by atoms with E-state index in [2.05, 4.69) is 5.32 Å². The summed E-state index contributed by atoms with van der Waals surface area (Å²) in [6.07, 6.45) is 2.91. The molecule has 0 bridgehead atoms. The molecule has 3 nitrogen and oxygen atoms in total. The third-order valence-corrected chi connectivity index (χ3v) is 2.82. The fourth-order valence-electron chi connectivity index (χ4n) is 1.29. The second kappa shape index (κ2) is 10.5. The second-order valence-electron chi connectivity index (χ2n) is 3.66. The number of carbonyl (C=O) groups is 1. The lowest BCUT2D eigenvalue weighted by Gasteiger charge is -2.06. The van der Waals surface area contributed by atoms with Crippen molar-refractivity contribution < 1.29 is 22.7 Å². The number of thioether (sulfide) groups is 1. The first-order valence-corrected chi connectivity index (χ1v) is 7.01. The van der Waals surface area contributed by atoms with Gasteiger partial charge in [-0.15, -0.1) is 0 Å². The first kappa shape index (κ1) is 17.6. The fourth-order valence-corrected chi connectivity index (χ4v) is 1.77. The van der Waals surface area contributed by atoms with Crippen LogP contribution in [-0.4, -0.2) is 36.9 Å². The molecule has 0 aliphatic heterocycles. The van der Waals surface area contributed by atoms with Gasteiger partial charge in [-0.1, -0.05) is 6.42 Å². The fraction of sp³-hybridized carbons (Fsp3) is 0.909. The van der Waals surface area contributed by atoms with E-state index >= 15 is 0 Å². The summed E-state index contributed by atoms with van der Waals surface area (Å²) in [6, 6.07) is 0. The predicted molar refractivity (Wildman–Crippen MR) is 66.5 cm³/mol. The minimum absolute atomic E-state index is 0.0124. The molecule has 0 atom stereocenters. The SMILES string of the molecule is CCOC(=O)CCCCCNCCSC(F)(F)F. The lowest BCUT2D eigenvalue weighted by molar-refractivity contribution is -0.143. The maximum Gasteiger partial charge on any atom is 0.441 e. The number of nitrogens with one attached hydrogen (secondary N) is 1. The van der Waals surface area contributed by atoms with Crippen molar-refractivity contribution in [3.63, 3.8) is 0 Å². The molecule has 0 amide bonds. The van der Waals surface area contributed by atoms with Crippen LogP contribution in [0, 0.1) is 0 Å². The Kier molecular flexibility index (Phi) is 10.2. The standard InChI is InChI=1S/C11H20F3NO2S/c1-2-17-10(16)6-4-3-5-7-15-8-9-18-11(12,13)14/h15H,2-9H2,1H3. The van der Waals surface area contributed by atoms with Gasteiger partial charge in [-0.25, -0.2) is 0 Å². The van der Waals surface area contributed by atoms with Crippen molar-refractivity contribution in [2.24, 2.45) is 0 Å². The van der Waals surface area contributed by atoms with Crippen LogP contribution in [0.1, 0.15) is 32.6 Å². The Morgan fingerprint density at radius 2 is 1.94 bits per heavy atom. The summed E-state index contributed by atoms with van der Waals surface area (Å²) in [5.41, 5.74) is -4.14. The van der Waals surface area contributed by atoms with Crippen LogP contribution in [-0.2, 0) is 9.53 Å². The molecular weight excluding hydrogens is 267 g/mol. The smallest absolute Gasteiger partial charge is 0.441 e. The molecule has 1 N–H and O–H groups in total. The number of rotatable bonds is 10. The molecule has 7 heteroatoms. The lowest BCUT2D eigenvalue weighted by Crippen LogP contribution is -2.20. The van der Waals surface area contributed by atoms with Crippen molar-refractivity contribution >= 4 is 17.7 Å². The number of ether oxygens (including phenoxy) is 1. The number of esters is 1. The van der Waals surface area contributed by atoms with Crippen molar-refractivity contribution in [3.05, 3.63) is 0 Å². The average molecular weight is 287 g/mol. The van der Waals surface area contributed by atoms with Crippen molar-refractivity contribution in [2.45, 2.75) is 38.1 Å². The van der Waals surface area contributed by atoms with Gasteiger partial charge < -0.3 is 10.1 Å².